The maximum absolute atomic E-state index is 12.7. The summed E-state index contributed by atoms with van der Waals surface area (Å²) in [5, 5.41) is 2.70. The van der Waals surface area contributed by atoms with Gasteiger partial charge in [-0.3, -0.25) is 0 Å². The van der Waals surface area contributed by atoms with Crippen LogP contribution in [0.1, 0.15) is 11.1 Å². The molecule has 2 aromatic rings. The number of amides is 2. The molecule has 1 fully saturated rings. The van der Waals surface area contributed by atoms with E-state index >= 15 is 0 Å². The fraction of sp³-hybridized carbons (Fsp3) is 0.316. The standard InChI is InChI=1S/C19H20F3N3O/c20-19(21,22)16-6-4-5-15(13-16)14-23-18(26)25-11-9-24(10-12-25)17-7-2-1-3-8-17/h1-8,13H,9-12,14H2,(H,23,26). The van der Waals surface area contributed by atoms with E-state index in [4.69, 9.17) is 0 Å². The molecular formula is C19H20F3N3O. The monoisotopic (exact) mass is 363 g/mol. The number of anilines is 1. The SMILES string of the molecule is O=C(NCc1cccc(C(F)(F)F)c1)N1CCN(c2ccccc2)CC1. The number of para-hydroxylation sites is 1. The van der Waals surface area contributed by atoms with Gasteiger partial charge in [0.05, 0.1) is 5.56 Å². The topological polar surface area (TPSA) is 35.6 Å². The lowest BCUT2D eigenvalue weighted by molar-refractivity contribution is -0.137. The number of hydrogen-bond acceptors (Lipinski definition) is 2. The third-order valence-corrected chi connectivity index (χ3v) is 4.39. The molecule has 4 nitrogen and oxygen atoms in total. The predicted octanol–water partition coefficient (Wildman–Crippen LogP) is 3.74. The Labute approximate surface area is 150 Å². The second-order valence-corrected chi connectivity index (χ2v) is 6.17. The molecule has 0 aliphatic carbocycles. The Kier molecular flexibility index (Phi) is 5.35. The van der Waals surface area contributed by atoms with Gasteiger partial charge >= 0.3 is 12.2 Å². The summed E-state index contributed by atoms with van der Waals surface area (Å²) < 4.78 is 38.2. The number of halogens is 3. The maximum atomic E-state index is 12.7. The van der Waals surface area contributed by atoms with Crippen molar-refractivity contribution in [1.29, 1.82) is 0 Å². The van der Waals surface area contributed by atoms with Gasteiger partial charge in [-0.05, 0) is 29.8 Å². The van der Waals surface area contributed by atoms with Crippen LogP contribution in [0.2, 0.25) is 0 Å². The van der Waals surface area contributed by atoms with Crippen LogP contribution in [0.5, 0.6) is 0 Å². The van der Waals surface area contributed by atoms with Gasteiger partial charge in [0.15, 0.2) is 0 Å². The lowest BCUT2D eigenvalue weighted by atomic mass is 10.1. The molecule has 0 saturated carbocycles. The van der Waals surface area contributed by atoms with E-state index in [-0.39, 0.29) is 12.6 Å². The van der Waals surface area contributed by atoms with Crippen LogP contribution in [-0.2, 0) is 12.7 Å². The summed E-state index contributed by atoms with van der Waals surface area (Å²) in [5.41, 5.74) is 0.841. The zero-order valence-electron chi connectivity index (χ0n) is 14.2. The number of piperazine rings is 1. The Morgan fingerprint density at radius 3 is 2.31 bits per heavy atom. The summed E-state index contributed by atoms with van der Waals surface area (Å²) >= 11 is 0. The van der Waals surface area contributed by atoms with E-state index in [1.54, 1.807) is 11.0 Å². The minimum absolute atomic E-state index is 0.0711. The normalized spacial score (nSPS) is 15.0. The molecule has 0 radical (unpaired) electrons. The first-order valence-electron chi connectivity index (χ1n) is 8.42. The Bertz CT molecular complexity index is 741. The van der Waals surface area contributed by atoms with Crippen LogP contribution in [0.25, 0.3) is 0 Å². The summed E-state index contributed by atoms with van der Waals surface area (Å²) in [6, 6.07) is 14.7. The van der Waals surface area contributed by atoms with Gasteiger partial charge in [-0.25, -0.2) is 4.79 Å². The lowest BCUT2D eigenvalue weighted by Crippen LogP contribution is -2.51. The van der Waals surface area contributed by atoms with Crippen LogP contribution in [0.15, 0.2) is 54.6 Å². The highest BCUT2D eigenvalue weighted by molar-refractivity contribution is 5.74. The number of hydrogen-bond donors (Lipinski definition) is 1. The van der Waals surface area contributed by atoms with E-state index in [1.807, 2.05) is 30.3 Å². The van der Waals surface area contributed by atoms with Crippen molar-refractivity contribution >= 4 is 11.7 Å². The molecule has 138 valence electrons. The largest absolute Gasteiger partial charge is 0.416 e. The predicted molar refractivity (Wildman–Crippen MR) is 93.9 cm³/mol. The molecule has 2 aromatic carbocycles. The average Bonchev–Trinajstić information content (AvgIpc) is 2.66. The average molecular weight is 363 g/mol. The van der Waals surface area contributed by atoms with Crippen LogP contribution in [-0.4, -0.2) is 37.1 Å². The van der Waals surface area contributed by atoms with Gasteiger partial charge in [0.2, 0.25) is 0 Å². The highest BCUT2D eigenvalue weighted by atomic mass is 19.4. The zero-order chi connectivity index (χ0) is 18.6. The third-order valence-electron chi connectivity index (χ3n) is 4.39. The van der Waals surface area contributed by atoms with Gasteiger partial charge in [0.25, 0.3) is 0 Å². The van der Waals surface area contributed by atoms with Gasteiger partial charge < -0.3 is 15.1 Å². The van der Waals surface area contributed by atoms with Crippen molar-refractivity contribution in [3.05, 3.63) is 65.7 Å². The van der Waals surface area contributed by atoms with Crippen LogP contribution >= 0.6 is 0 Å². The molecule has 3 rings (SSSR count). The molecule has 1 aliphatic rings. The van der Waals surface area contributed by atoms with Crippen molar-refractivity contribution in [2.45, 2.75) is 12.7 Å². The number of benzene rings is 2. The molecule has 0 atom stereocenters. The van der Waals surface area contributed by atoms with Crippen molar-refractivity contribution in [2.24, 2.45) is 0 Å². The Hall–Kier alpha value is -2.70. The van der Waals surface area contributed by atoms with Crippen LogP contribution in [0.3, 0.4) is 0 Å². The third kappa shape index (κ3) is 4.47. The van der Waals surface area contributed by atoms with E-state index in [0.29, 0.717) is 18.7 Å². The van der Waals surface area contributed by atoms with Gasteiger partial charge in [0, 0.05) is 38.4 Å². The molecule has 0 bridgehead atoms. The molecule has 2 amide bonds. The molecule has 0 spiro atoms. The number of urea groups is 1. The summed E-state index contributed by atoms with van der Waals surface area (Å²) in [7, 11) is 0. The highest BCUT2D eigenvalue weighted by Crippen LogP contribution is 2.29. The number of nitrogens with zero attached hydrogens (tertiary/aromatic N) is 2. The molecular weight excluding hydrogens is 343 g/mol. The first kappa shape index (κ1) is 18.1. The maximum Gasteiger partial charge on any atom is 0.416 e. The summed E-state index contributed by atoms with van der Waals surface area (Å²) in [6.45, 7) is 2.66. The first-order valence-corrected chi connectivity index (χ1v) is 8.42. The van der Waals surface area contributed by atoms with E-state index in [0.717, 1.165) is 30.9 Å². The van der Waals surface area contributed by atoms with Gasteiger partial charge in [-0.15, -0.1) is 0 Å². The Balaban J connectivity index is 1.51. The zero-order valence-corrected chi connectivity index (χ0v) is 14.2. The second kappa shape index (κ2) is 7.68. The Morgan fingerprint density at radius 1 is 0.962 bits per heavy atom. The first-order chi connectivity index (χ1) is 12.4. The number of nitrogens with one attached hydrogen (secondary N) is 1. The fourth-order valence-corrected chi connectivity index (χ4v) is 2.95. The molecule has 7 heteroatoms. The summed E-state index contributed by atoms with van der Waals surface area (Å²) in [5.74, 6) is 0. The lowest BCUT2D eigenvalue weighted by Gasteiger charge is -2.36. The quantitative estimate of drug-likeness (QED) is 0.902. The van der Waals surface area contributed by atoms with Crippen molar-refractivity contribution in [1.82, 2.24) is 10.2 Å². The van der Waals surface area contributed by atoms with Crippen LogP contribution in [0.4, 0.5) is 23.7 Å². The molecule has 1 aliphatic heterocycles. The Morgan fingerprint density at radius 2 is 1.65 bits per heavy atom. The molecule has 1 N–H and O–H groups in total. The van der Waals surface area contributed by atoms with E-state index in [9.17, 15) is 18.0 Å². The molecule has 26 heavy (non-hydrogen) atoms. The minimum atomic E-state index is -4.38. The number of carbonyl (C=O) groups is 1. The molecule has 0 aromatic heterocycles. The van der Waals surface area contributed by atoms with Crippen molar-refractivity contribution in [3.63, 3.8) is 0 Å². The van der Waals surface area contributed by atoms with Crippen molar-refractivity contribution in [3.8, 4) is 0 Å². The number of carbonyl (C=O) groups excluding carboxylic acids is 1. The number of rotatable bonds is 3. The number of alkyl halides is 3. The van der Waals surface area contributed by atoms with Gasteiger partial charge in [-0.1, -0.05) is 30.3 Å². The van der Waals surface area contributed by atoms with Gasteiger partial charge in [0.1, 0.15) is 0 Å². The summed E-state index contributed by atoms with van der Waals surface area (Å²) in [4.78, 5) is 16.2. The molecule has 0 unspecified atom stereocenters. The van der Waals surface area contributed by atoms with Crippen LogP contribution < -0.4 is 10.2 Å². The minimum Gasteiger partial charge on any atom is -0.368 e. The molecule has 1 saturated heterocycles. The van der Waals surface area contributed by atoms with E-state index in [1.165, 1.54) is 6.07 Å². The van der Waals surface area contributed by atoms with E-state index < -0.39 is 11.7 Å². The highest BCUT2D eigenvalue weighted by Gasteiger charge is 2.30. The van der Waals surface area contributed by atoms with Crippen LogP contribution in [0, 0.1) is 0 Å². The van der Waals surface area contributed by atoms with Crippen molar-refractivity contribution in [2.75, 3.05) is 31.1 Å². The summed E-state index contributed by atoms with van der Waals surface area (Å²) in [6.07, 6.45) is -4.38. The second-order valence-electron chi connectivity index (χ2n) is 6.17. The van der Waals surface area contributed by atoms with Crippen molar-refractivity contribution < 1.29 is 18.0 Å². The molecule has 1 heterocycles. The fourth-order valence-electron chi connectivity index (χ4n) is 2.95. The van der Waals surface area contributed by atoms with E-state index in [2.05, 4.69) is 10.2 Å². The smallest absolute Gasteiger partial charge is 0.368 e. The van der Waals surface area contributed by atoms with Gasteiger partial charge in [-0.2, -0.15) is 13.2 Å².